The number of aliphatic hydroxyl groups excluding tert-OH is 1. The van der Waals surface area contributed by atoms with E-state index in [0.29, 0.717) is 12.8 Å². The van der Waals surface area contributed by atoms with Crippen molar-refractivity contribution in [2.75, 3.05) is 6.61 Å². The van der Waals surface area contributed by atoms with E-state index in [9.17, 15) is 19.5 Å². The lowest BCUT2D eigenvalue weighted by Crippen LogP contribution is -2.63. The van der Waals surface area contributed by atoms with E-state index in [0.717, 1.165) is 35.6 Å². The number of aliphatic hydroxyl groups is 1. The molecule has 8 atom stereocenters. The third kappa shape index (κ3) is 4.94. The molecule has 0 aliphatic heterocycles. The van der Waals surface area contributed by atoms with Gasteiger partial charge in [0, 0.05) is 29.2 Å². The molecule has 0 spiro atoms. The summed E-state index contributed by atoms with van der Waals surface area (Å²) in [7, 11) is 0. The average molecular weight is 559 g/mol. The molecule has 0 radical (unpaired) electrons. The Bertz CT molecular complexity index is 1390. The first-order valence-corrected chi connectivity index (χ1v) is 14.8. The van der Waals surface area contributed by atoms with E-state index in [1.54, 1.807) is 12.2 Å². The van der Waals surface area contributed by atoms with Gasteiger partial charge in [0.15, 0.2) is 6.61 Å². The van der Waals surface area contributed by atoms with Crippen LogP contribution >= 0.6 is 0 Å². The highest BCUT2D eigenvalue weighted by molar-refractivity contribution is 5.90. The summed E-state index contributed by atoms with van der Waals surface area (Å²) in [4.78, 5) is 39.1. The second-order valence-corrected chi connectivity index (χ2v) is 13.1. The molecule has 6 nitrogen and oxygen atoms in total. The quantitative estimate of drug-likeness (QED) is 0.254. The zero-order valence-corrected chi connectivity index (χ0v) is 24.6. The van der Waals surface area contributed by atoms with Crippen molar-refractivity contribution in [2.45, 2.75) is 72.0 Å². The lowest BCUT2D eigenvalue weighted by Gasteiger charge is -2.61. The zero-order chi connectivity index (χ0) is 29.6. The van der Waals surface area contributed by atoms with Crippen LogP contribution in [0.25, 0.3) is 16.8 Å². The number of fused-ring (bicyclic) bond motifs is 1. The first-order chi connectivity index (χ1) is 19.4. The van der Waals surface area contributed by atoms with Gasteiger partial charge in [0.05, 0.1) is 6.10 Å². The van der Waals surface area contributed by atoms with Crippen molar-refractivity contribution < 1.29 is 29.0 Å². The lowest BCUT2D eigenvalue weighted by molar-refractivity contribution is -0.208. The largest absolute Gasteiger partial charge is 0.459 e. The van der Waals surface area contributed by atoms with Crippen LogP contribution in [0, 0.1) is 34.0 Å². The summed E-state index contributed by atoms with van der Waals surface area (Å²) in [6.07, 6.45) is 6.67. The second-order valence-electron chi connectivity index (χ2n) is 13.1. The van der Waals surface area contributed by atoms with Gasteiger partial charge in [-0.3, -0.25) is 4.79 Å². The van der Waals surface area contributed by atoms with Gasteiger partial charge in [0.1, 0.15) is 11.9 Å². The molecule has 3 aliphatic rings. The number of carbonyl (C=O) groups excluding carboxylic acids is 3. The fraction of sp³-hybridized carbons (Fsp3) is 0.514. The highest BCUT2D eigenvalue weighted by Crippen LogP contribution is 2.68. The summed E-state index contributed by atoms with van der Waals surface area (Å²) >= 11 is 0. The van der Waals surface area contributed by atoms with E-state index in [4.69, 9.17) is 9.47 Å². The van der Waals surface area contributed by atoms with Crippen LogP contribution in [-0.2, 0) is 23.9 Å². The Kier molecular flexibility index (Phi) is 7.75. The van der Waals surface area contributed by atoms with Crippen molar-refractivity contribution in [3.8, 4) is 0 Å². The molecule has 0 saturated heterocycles. The summed E-state index contributed by atoms with van der Waals surface area (Å²) in [5, 5.41) is 13.8. The maximum Gasteiger partial charge on any atom is 0.344 e. The smallest absolute Gasteiger partial charge is 0.344 e. The zero-order valence-electron chi connectivity index (χ0n) is 24.6. The van der Waals surface area contributed by atoms with Gasteiger partial charge in [-0.1, -0.05) is 70.2 Å². The lowest BCUT2D eigenvalue weighted by atomic mass is 9.44. The Morgan fingerprint density at radius 1 is 1.10 bits per heavy atom. The second kappa shape index (κ2) is 10.9. The van der Waals surface area contributed by atoms with E-state index in [2.05, 4.69) is 27.4 Å². The van der Waals surface area contributed by atoms with Crippen LogP contribution in [0.3, 0.4) is 0 Å². The van der Waals surface area contributed by atoms with Gasteiger partial charge in [-0.15, -0.1) is 6.58 Å². The number of hydrogen-bond acceptors (Lipinski definition) is 6. The van der Waals surface area contributed by atoms with Crippen LogP contribution in [0.15, 0.2) is 61.2 Å². The molecule has 3 saturated carbocycles. The van der Waals surface area contributed by atoms with Gasteiger partial charge in [-0.05, 0) is 71.4 Å². The maximum absolute atomic E-state index is 13.5. The van der Waals surface area contributed by atoms with Gasteiger partial charge in [0.25, 0.3) is 0 Å². The minimum absolute atomic E-state index is 0.0965. The number of ketones is 1. The molecule has 6 heteroatoms. The molecule has 0 aromatic heterocycles. The molecular weight excluding hydrogens is 516 g/mol. The Morgan fingerprint density at radius 2 is 1.83 bits per heavy atom. The molecule has 0 unspecified atom stereocenters. The fourth-order valence-electron chi connectivity index (χ4n) is 8.35. The van der Waals surface area contributed by atoms with Crippen LogP contribution in [-0.4, -0.2) is 41.6 Å². The van der Waals surface area contributed by atoms with Crippen LogP contribution in [0.2, 0.25) is 0 Å². The summed E-state index contributed by atoms with van der Waals surface area (Å²) in [6.45, 7) is 11.8. The summed E-state index contributed by atoms with van der Waals surface area (Å²) in [6, 6.07) is 13.8. The fourth-order valence-corrected chi connectivity index (χ4v) is 8.35. The highest BCUT2D eigenvalue weighted by Gasteiger charge is 2.68. The SMILES string of the molecule is C=C[C@]1(C)C[C@@H](OC(=O)COC(=O)/C=C/c2ccc3ccccc3c2)[C@@]2(C)[C@@H]3C(=O)CC[C@@]3(CC[C@@H]2C)[C@@H](C)[C@@H]1O. The normalized spacial score (nSPS) is 36.8. The summed E-state index contributed by atoms with van der Waals surface area (Å²) < 4.78 is 11.4. The summed E-state index contributed by atoms with van der Waals surface area (Å²) in [5.41, 5.74) is -0.822. The molecule has 2 aromatic carbocycles. The molecule has 0 heterocycles. The molecule has 3 fully saturated rings. The molecule has 41 heavy (non-hydrogen) atoms. The van der Waals surface area contributed by atoms with Crippen molar-refractivity contribution in [1.29, 1.82) is 0 Å². The minimum atomic E-state index is -0.731. The number of benzene rings is 2. The predicted molar refractivity (Wildman–Crippen MR) is 159 cm³/mol. The van der Waals surface area contributed by atoms with Gasteiger partial charge in [0.2, 0.25) is 0 Å². The van der Waals surface area contributed by atoms with Crippen LogP contribution in [0.5, 0.6) is 0 Å². The number of Topliss-reactive ketones (excluding diaryl/α,β-unsaturated/α-hetero) is 1. The average Bonchev–Trinajstić information content (AvgIpc) is 3.33. The minimum Gasteiger partial charge on any atom is -0.459 e. The topological polar surface area (TPSA) is 89.9 Å². The van der Waals surface area contributed by atoms with Crippen molar-refractivity contribution >= 4 is 34.6 Å². The van der Waals surface area contributed by atoms with Gasteiger partial charge < -0.3 is 14.6 Å². The molecule has 2 aromatic rings. The van der Waals surface area contributed by atoms with E-state index < -0.39 is 41.6 Å². The molecule has 1 N–H and O–H groups in total. The van der Waals surface area contributed by atoms with E-state index in [1.165, 1.54) is 6.08 Å². The Labute approximate surface area is 242 Å². The standard InChI is InChI=1S/C35H42O6/c1-6-33(4)20-28(34(5)22(2)15-17-35(23(3)32(33)39)18-16-27(36)31(34)35)41-30(38)21-40-29(37)14-12-24-11-13-25-9-7-8-10-26(25)19-24/h6-14,19,22-23,28,31-32,39H,1,15-18,20-21H2,2-5H3/b14-12+/t22-,23-,28+,31-,32-,33+,34-,35-/m0/s1. The molecule has 2 bridgehead atoms. The summed E-state index contributed by atoms with van der Waals surface area (Å²) in [5.74, 6) is -1.37. The van der Waals surface area contributed by atoms with Crippen LogP contribution in [0.1, 0.15) is 65.4 Å². The number of rotatable bonds is 6. The van der Waals surface area contributed by atoms with Crippen LogP contribution in [0.4, 0.5) is 0 Å². The molecular formula is C35H42O6. The number of hydrogen-bond donors (Lipinski definition) is 1. The van der Waals surface area contributed by atoms with Crippen molar-refractivity contribution in [1.82, 2.24) is 0 Å². The van der Waals surface area contributed by atoms with E-state index >= 15 is 0 Å². The number of carbonyl (C=O) groups is 3. The molecule has 218 valence electrons. The Morgan fingerprint density at radius 3 is 2.56 bits per heavy atom. The van der Waals surface area contributed by atoms with Gasteiger partial charge in [-0.25, -0.2) is 9.59 Å². The van der Waals surface area contributed by atoms with Gasteiger partial charge in [-0.2, -0.15) is 0 Å². The molecule has 5 rings (SSSR count). The van der Waals surface area contributed by atoms with E-state index in [-0.39, 0.29) is 29.0 Å². The molecule has 0 amide bonds. The Balaban J connectivity index is 1.33. The monoisotopic (exact) mass is 558 g/mol. The van der Waals surface area contributed by atoms with Crippen molar-refractivity contribution in [3.63, 3.8) is 0 Å². The van der Waals surface area contributed by atoms with Crippen LogP contribution < -0.4 is 0 Å². The van der Waals surface area contributed by atoms with Crippen molar-refractivity contribution in [2.24, 2.45) is 34.0 Å². The predicted octanol–water partition coefficient (Wildman–Crippen LogP) is 6.30. The first-order valence-electron chi connectivity index (χ1n) is 14.8. The first kappa shape index (κ1) is 29.2. The maximum atomic E-state index is 13.5. The Hall–Kier alpha value is -3.25. The number of esters is 2. The van der Waals surface area contributed by atoms with Gasteiger partial charge >= 0.3 is 11.9 Å². The van der Waals surface area contributed by atoms with E-state index in [1.807, 2.05) is 49.4 Å². The molecule has 3 aliphatic carbocycles. The highest BCUT2D eigenvalue weighted by atomic mass is 16.6. The van der Waals surface area contributed by atoms with Crippen molar-refractivity contribution in [3.05, 3.63) is 66.8 Å². The third-order valence-corrected chi connectivity index (χ3v) is 11.1. The number of ether oxygens (including phenoxy) is 2. The third-order valence-electron chi connectivity index (χ3n) is 11.1.